The fraction of sp³-hybridized carbons (Fsp3) is 0.429. The van der Waals surface area contributed by atoms with Gasteiger partial charge in [-0.1, -0.05) is 25.3 Å². The van der Waals surface area contributed by atoms with Crippen LogP contribution in [0.4, 0.5) is 11.4 Å². The van der Waals surface area contributed by atoms with Crippen LogP contribution >= 0.6 is 12.2 Å². The van der Waals surface area contributed by atoms with E-state index in [1.165, 1.54) is 49.1 Å². The predicted octanol–water partition coefficient (Wildman–Crippen LogP) is 5.86. The Morgan fingerprint density at radius 3 is 2.46 bits per heavy atom. The molecule has 9 heteroatoms. The van der Waals surface area contributed by atoms with Gasteiger partial charge >= 0.3 is 0 Å². The molecule has 1 aliphatic carbocycles. The summed E-state index contributed by atoms with van der Waals surface area (Å²) in [5.74, 6) is 0. The second-order valence-corrected chi connectivity index (χ2v) is 12.5. The molecular formula is C28H35N5O2S2. The first-order chi connectivity index (χ1) is 17.6. The summed E-state index contributed by atoms with van der Waals surface area (Å²) < 4.78 is 28.8. The topological polar surface area (TPSA) is 79.3 Å². The molecule has 1 saturated carbocycles. The summed E-state index contributed by atoms with van der Waals surface area (Å²) in [6, 6.07) is 14.4. The lowest BCUT2D eigenvalue weighted by molar-refractivity contribution is 0.345. The smallest absolute Gasteiger partial charge is 0.229 e. The minimum Gasteiger partial charge on any atom is -0.351 e. The summed E-state index contributed by atoms with van der Waals surface area (Å²) in [6.45, 7) is 6.35. The first-order valence-corrected chi connectivity index (χ1v) is 15.2. The van der Waals surface area contributed by atoms with Crippen LogP contribution in [0.5, 0.6) is 0 Å². The molecule has 3 heterocycles. The van der Waals surface area contributed by atoms with Crippen molar-refractivity contribution in [3.05, 3.63) is 76.9 Å². The van der Waals surface area contributed by atoms with Crippen molar-refractivity contribution >= 4 is 38.7 Å². The fourth-order valence-electron chi connectivity index (χ4n) is 6.06. The van der Waals surface area contributed by atoms with Gasteiger partial charge in [0.1, 0.15) is 0 Å². The zero-order valence-electron chi connectivity index (χ0n) is 21.9. The first-order valence-electron chi connectivity index (χ1n) is 12.9. The van der Waals surface area contributed by atoms with Gasteiger partial charge in [-0.15, -0.1) is 0 Å². The molecule has 0 unspecified atom stereocenters. The van der Waals surface area contributed by atoms with Crippen molar-refractivity contribution in [1.29, 1.82) is 0 Å². The van der Waals surface area contributed by atoms with E-state index in [1.807, 2.05) is 49.5 Å². The highest BCUT2D eigenvalue weighted by molar-refractivity contribution is 7.92. The third kappa shape index (κ3) is 5.11. The predicted molar refractivity (Wildman–Crippen MR) is 154 cm³/mol. The third-order valence-electron chi connectivity index (χ3n) is 7.66. The highest BCUT2D eigenvalue weighted by Gasteiger charge is 2.42. The maximum Gasteiger partial charge on any atom is 0.229 e. The van der Waals surface area contributed by atoms with E-state index in [1.54, 1.807) is 0 Å². The van der Waals surface area contributed by atoms with Gasteiger partial charge in [-0.05, 0) is 93.4 Å². The molecule has 3 aromatic rings. The number of aryl methyl sites for hydroxylation is 2. The molecule has 0 bridgehead atoms. The van der Waals surface area contributed by atoms with E-state index in [4.69, 9.17) is 12.2 Å². The standard InChI is InChI=1S/C28H35N5O2S2/c1-18-16-22(13-14-24(18)31-37(4,34)35)33-27(26(30-28(33)36)25-12-8-9-15-29-25)23-17-19(2)32(20(23)3)21-10-6-5-7-11-21/h8-9,12-17,21,26-27,31H,5-7,10-11H2,1-4H3,(H,30,36)/t26-,27+/m0/s1. The molecule has 1 aliphatic heterocycles. The van der Waals surface area contributed by atoms with Crippen molar-refractivity contribution in [3.8, 4) is 0 Å². The number of nitrogens with zero attached hydrogens (tertiary/aromatic N) is 3. The summed E-state index contributed by atoms with van der Waals surface area (Å²) in [4.78, 5) is 6.85. The number of hydrogen-bond donors (Lipinski definition) is 2. The number of hydrogen-bond acceptors (Lipinski definition) is 4. The summed E-state index contributed by atoms with van der Waals surface area (Å²) in [5.41, 5.74) is 7.05. The minimum atomic E-state index is -3.37. The van der Waals surface area contributed by atoms with Crippen molar-refractivity contribution in [3.63, 3.8) is 0 Å². The third-order valence-corrected chi connectivity index (χ3v) is 8.57. The SMILES string of the molecule is Cc1cc(N2C(=S)N[C@@H](c3ccccn3)[C@H]2c2cc(C)n(C3CCCCC3)c2C)ccc1NS(C)(=O)=O. The van der Waals surface area contributed by atoms with Crippen LogP contribution in [0.25, 0.3) is 0 Å². The van der Waals surface area contributed by atoms with Crippen LogP contribution in [0.15, 0.2) is 48.7 Å². The van der Waals surface area contributed by atoms with Crippen LogP contribution in [0.3, 0.4) is 0 Å². The summed E-state index contributed by atoms with van der Waals surface area (Å²) >= 11 is 5.92. The highest BCUT2D eigenvalue weighted by Crippen LogP contribution is 2.45. The van der Waals surface area contributed by atoms with Gasteiger partial charge in [0.25, 0.3) is 0 Å². The minimum absolute atomic E-state index is 0.0981. The quantitative estimate of drug-likeness (QED) is 0.383. The van der Waals surface area contributed by atoms with Crippen LogP contribution in [-0.4, -0.2) is 29.3 Å². The van der Waals surface area contributed by atoms with Crippen LogP contribution in [-0.2, 0) is 10.0 Å². The van der Waals surface area contributed by atoms with E-state index in [0.717, 1.165) is 23.2 Å². The number of benzene rings is 1. The molecule has 5 rings (SSSR count). The zero-order valence-corrected chi connectivity index (χ0v) is 23.5. The largest absolute Gasteiger partial charge is 0.351 e. The molecule has 2 aromatic heterocycles. The lowest BCUT2D eigenvalue weighted by Gasteiger charge is -2.30. The lowest BCUT2D eigenvalue weighted by Crippen LogP contribution is -2.29. The number of pyridine rings is 1. The Labute approximate surface area is 225 Å². The molecule has 2 fully saturated rings. The maximum absolute atomic E-state index is 11.8. The highest BCUT2D eigenvalue weighted by atomic mass is 32.2. The van der Waals surface area contributed by atoms with Gasteiger partial charge in [0.2, 0.25) is 10.0 Å². The average molecular weight is 538 g/mol. The second kappa shape index (κ2) is 10.1. The van der Waals surface area contributed by atoms with Crippen molar-refractivity contribution in [2.75, 3.05) is 15.9 Å². The Hall–Kier alpha value is -2.91. The van der Waals surface area contributed by atoms with E-state index in [9.17, 15) is 8.42 Å². The van der Waals surface area contributed by atoms with Crippen LogP contribution < -0.4 is 14.9 Å². The number of aromatic nitrogens is 2. The Balaban J connectivity index is 1.61. The van der Waals surface area contributed by atoms with Crippen LogP contribution in [0, 0.1) is 20.8 Å². The van der Waals surface area contributed by atoms with Gasteiger partial charge in [-0.3, -0.25) is 9.71 Å². The fourth-order valence-corrected chi connectivity index (χ4v) is 7.04. The van der Waals surface area contributed by atoms with Gasteiger partial charge in [-0.25, -0.2) is 8.42 Å². The molecule has 1 saturated heterocycles. The van der Waals surface area contributed by atoms with Crippen molar-refractivity contribution < 1.29 is 8.42 Å². The summed E-state index contributed by atoms with van der Waals surface area (Å²) in [7, 11) is -3.37. The van der Waals surface area contributed by atoms with Gasteiger partial charge in [-0.2, -0.15) is 0 Å². The van der Waals surface area contributed by atoms with E-state index in [2.05, 4.69) is 44.4 Å². The van der Waals surface area contributed by atoms with Crippen LogP contribution in [0.1, 0.15) is 78.4 Å². The Kier molecular flexibility index (Phi) is 7.02. The molecule has 1 aromatic carbocycles. The monoisotopic (exact) mass is 537 g/mol. The molecule has 0 radical (unpaired) electrons. The van der Waals surface area contributed by atoms with Crippen molar-refractivity contribution in [1.82, 2.24) is 14.9 Å². The van der Waals surface area contributed by atoms with Gasteiger partial charge in [0.05, 0.1) is 29.7 Å². The Morgan fingerprint density at radius 2 is 1.81 bits per heavy atom. The molecule has 196 valence electrons. The number of thiocarbonyl (C=S) groups is 1. The van der Waals surface area contributed by atoms with Crippen molar-refractivity contribution in [2.45, 2.75) is 71.0 Å². The average Bonchev–Trinajstić information content (AvgIpc) is 3.35. The summed E-state index contributed by atoms with van der Waals surface area (Å²) in [6.07, 6.45) is 9.31. The summed E-state index contributed by atoms with van der Waals surface area (Å²) in [5, 5.41) is 4.18. The molecule has 7 nitrogen and oxygen atoms in total. The molecule has 2 aliphatic rings. The zero-order chi connectivity index (χ0) is 26.3. The van der Waals surface area contributed by atoms with Crippen LogP contribution in [0.2, 0.25) is 0 Å². The molecule has 2 N–H and O–H groups in total. The normalized spacial score (nSPS) is 20.8. The van der Waals surface area contributed by atoms with Gasteiger partial charge in [0.15, 0.2) is 5.11 Å². The van der Waals surface area contributed by atoms with Crippen molar-refractivity contribution in [2.24, 2.45) is 0 Å². The molecule has 37 heavy (non-hydrogen) atoms. The number of rotatable bonds is 6. The second-order valence-electron chi connectivity index (χ2n) is 10.4. The molecule has 0 spiro atoms. The maximum atomic E-state index is 11.8. The molecule has 2 atom stereocenters. The molecular weight excluding hydrogens is 502 g/mol. The number of anilines is 2. The van der Waals surface area contributed by atoms with E-state index < -0.39 is 10.0 Å². The van der Waals surface area contributed by atoms with E-state index in [0.29, 0.717) is 16.8 Å². The van der Waals surface area contributed by atoms with Gasteiger partial charge in [0, 0.05) is 29.3 Å². The number of sulfonamides is 1. The number of nitrogens with one attached hydrogen (secondary N) is 2. The van der Waals surface area contributed by atoms with E-state index >= 15 is 0 Å². The van der Waals surface area contributed by atoms with Gasteiger partial charge < -0.3 is 14.8 Å². The first kappa shape index (κ1) is 25.7. The lowest BCUT2D eigenvalue weighted by atomic mass is 9.94. The van der Waals surface area contributed by atoms with E-state index in [-0.39, 0.29) is 12.1 Å². The molecule has 0 amide bonds. The Bertz CT molecular complexity index is 1410. The Morgan fingerprint density at radius 1 is 1.05 bits per heavy atom.